The van der Waals surface area contributed by atoms with Crippen LogP contribution in [0.2, 0.25) is 0 Å². The number of ether oxygens (including phenoxy) is 2. The minimum absolute atomic E-state index is 0.0661. The van der Waals surface area contributed by atoms with Gasteiger partial charge in [-0.3, -0.25) is 4.79 Å². The number of carbonyl (C=O) groups is 2. The molecule has 1 heterocycles. The fourth-order valence-corrected chi connectivity index (χ4v) is 2.02. The van der Waals surface area contributed by atoms with Crippen molar-refractivity contribution in [2.24, 2.45) is 0 Å². The fourth-order valence-electron chi connectivity index (χ4n) is 2.02. The van der Waals surface area contributed by atoms with Gasteiger partial charge in [-0.1, -0.05) is 12.1 Å². The van der Waals surface area contributed by atoms with Gasteiger partial charge >= 0.3 is 5.97 Å². The van der Waals surface area contributed by atoms with Crippen LogP contribution < -0.4 is 4.74 Å². The summed E-state index contributed by atoms with van der Waals surface area (Å²) in [5.41, 5.74) is 0.839. The predicted octanol–water partition coefficient (Wildman–Crippen LogP) is 1.02. The van der Waals surface area contributed by atoms with Crippen molar-refractivity contribution in [3.8, 4) is 5.75 Å². The summed E-state index contributed by atoms with van der Waals surface area (Å²) in [6, 6.07) is 7.31. The standard InChI is InChI=1S/C15H17NO5/c1-20-12-4-2-3-11(9-12)5-6-14(17)16-7-8-21-13(10-16)15(18)19/h2-6,9,13H,7-8,10H2,1H3,(H,18,19). The van der Waals surface area contributed by atoms with Crippen LogP contribution in [0.1, 0.15) is 5.56 Å². The highest BCUT2D eigenvalue weighted by atomic mass is 16.5. The van der Waals surface area contributed by atoms with E-state index in [2.05, 4.69) is 0 Å². The van der Waals surface area contributed by atoms with Crippen LogP contribution in [0.5, 0.6) is 5.75 Å². The van der Waals surface area contributed by atoms with Crippen LogP contribution in [0.15, 0.2) is 30.3 Å². The third-order valence-electron chi connectivity index (χ3n) is 3.17. The smallest absolute Gasteiger partial charge is 0.334 e. The SMILES string of the molecule is COc1cccc(C=CC(=O)N2CCOC(C(=O)O)C2)c1. The van der Waals surface area contributed by atoms with Crippen molar-refractivity contribution in [1.29, 1.82) is 0 Å². The molecule has 0 radical (unpaired) electrons. The summed E-state index contributed by atoms with van der Waals surface area (Å²) in [6.07, 6.45) is 2.16. The van der Waals surface area contributed by atoms with Crippen molar-refractivity contribution in [1.82, 2.24) is 4.90 Å². The summed E-state index contributed by atoms with van der Waals surface area (Å²) in [5, 5.41) is 8.91. The number of methoxy groups -OCH3 is 1. The number of carbonyl (C=O) groups excluding carboxylic acids is 1. The molecule has 21 heavy (non-hydrogen) atoms. The molecule has 0 bridgehead atoms. The van der Waals surface area contributed by atoms with Gasteiger partial charge in [0.1, 0.15) is 5.75 Å². The molecule has 6 heteroatoms. The Morgan fingerprint density at radius 3 is 3.00 bits per heavy atom. The topological polar surface area (TPSA) is 76.1 Å². The first-order valence-corrected chi connectivity index (χ1v) is 6.55. The fraction of sp³-hybridized carbons (Fsp3) is 0.333. The van der Waals surface area contributed by atoms with E-state index in [9.17, 15) is 9.59 Å². The van der Waals surface area contributed by atoms with Crippen LogP contribution in [0, 0.1) is 0 Å². The van der Waals surface area contributed by atoms with Crippen LogP contribution in [0.25, 0.3) is 6.08 Å². The number of benzene rings is 1. The van der Waals surface area contributed by atoms with E-state index in [4.69, 9.17) is 14.6 Å². The highest BCUT2D eigenvalue weighted by Crippen LogP contribution is 2.14. The zero-order chi connectivity index (χ0) is 15.2. The van der Waals surface area contributed by atoms with E-state index in [1.54, 1.807) is 13.2 Å². The van der Waals surface area contributed by atoms with Gasteiger partial charge in [0.25, 0.3) is 0 Å². The molecule has 2 rings (SSSR count). The average Bonchev–Trinajstić information content (AvgIpc) is 2.53. The lowest BCUT2D eigenvalue weighted by molar-refractivity contribution is -0.158. The van der Waals surface area contributed by atoms with Gasteiger partial charge in [-0.05, 0) is 23.8 Å². The largest absolute Gasteiger partial charge is 0.497 e. The van der Waals surface area contributed by atoms with Crippen LogP contribution in [0.4, 0.5) is 0 Å². The Balaban J connectivity index is 1.99. The van der Waals surface area contributed by atoms with Gasteiger partial charge in [0.2, 0.25) is 5.91 Å². The second kappa shape index (κ2) is 6.90. The van der Waals surface area contributed by atoms with Crippen LogP contribution in [0.3, 0.4) is 0 Å². The molecule has 1 saturated heterocycles. The second-order valence-corrected chi connectivity index (χ2v) is 4.59. The van der Waals surface area contributed by atoms with Crippen LogP contribution in [-0.4, -0.2) is 54.8 Å². The van der Waals surface area contributed by atoms with E-state index in [1.165, 1.54) is 11.0 Å². The number of amides is 1. The van der Waals surface area contributed by atoms with Gasteiger partial charge in [0.05, 0.1) is 20.3 Å². The lowest BCUT2D eigenvalue weighted by atomic mass is 10.2. The minimum Gasteiger partial charge on any atom is -0.497 e. The molecule has 1 amide bonds. The number of carboxylic acid groups (broad SMARTS) is 1. The summed E-state index contributed by atoms with van der Waals surface area (Å²) in [7, 11) is 1.58. The Hall–Kier alpha value is -2.34. The van der Waals surface area contributed by atoms with Gasteiger partial charge in [-0.15, -0.1) is 0 Å². The molecule has 0 aliphatic carbocycles. The molecule has 1 unspecified atom stereocenters. The number of hydrogen-bond donors (Lipinski definition) is 1. The van der Waals surface area contributed by atoms with Crippen molar-refractivity contribution in [3.05, 3.63) is 35.9 Å². The third kappa shape index (κ3) is 4.06. The number of hydrogen-bond acceptors (Lipinski definition) is 4. The summed E-state index contributed by atoms with van der Waals surface area (Å²) >= 11 is 0. The monoisotopic (exact) mass is 291 g/mol. The molecular weight excluding hydrogens is 274 g/mol. The molecule has 0 saturated carbocycles. The van der Waals surface area contributed by atoms with Crippen LogP contribution in [-0.2, 0) is 14.3 Å². The summed E-state index contributed by atoms with van der Waals surface area (Å²) in [5.74, 6) is -0.571. The number of rotatable bonds is 4. The average molecular weight is 291 g/mol. The molecule has 1 aliphatic heterocycles. The quantitative estimate of drug-likeness (QED) is 0.838. The molecule has 0 aromatic heterocycles. The Bertz CT molecular complexity index is 555. The molecule has 1 N–H and O–H groups in total. The van der Waals surface area contributed by atoms with E-state index < -0.39 is 12.1 Å². The predicted molar refractivity (Wildman–Crippen MR) is 76.0 cm³/mol. The molecule has 1 aliphatic rings. The van der Waals surface area contributed by atoms with Crippen molar-refractivity contribution in [3.63, 3.8) is 0 Å². The Morgan fingerprint density at radius 2 is 2.29 bits per heavy atom. The molecule has 0 spiro atoms. The molecule has 1 aromatic carbocycles. The highest BCUT2D eigenvalue weighted by molar-refractivity contribution is 5.92. The maximum absolute atomic E-state index is 12.1. The van der Waals surface area contributed by atoms with E-state index in [0.29, 0.717) is 12.3 Å². The molecular formula is C15H17NO5. The molecule has 1 fully saturated rings. The summed E-state index contributed by atoms with van der Waals surface area (Å²) in [4.78, 5) is 24.4. The van der Waals surface area contributed by atoms with Gasteiger partial charge in [-0.2, -0.15) is 0 Å². The number of carboxylic acids is 1. The van der Waals surface area contributed by atoms with Gasteiger partial charge in [0.15, 0.2) is 6.10 Å². The number of morpholine rings is 1. The molecule has 1 aromatic rings. The van der Waals surface area contributed by atoms with Crippen molar-refractivity contribution < 1.29 is 24.2 Å². The zero-order valence-corrected chi connectivity index (χ0v) is 11.7. The Kier molecular flexibility index (Phi) is 4.94. The van der Waals surface area contributed by atoms with E-state index in [0.717, 1.165) is 5.56 Å². The number of nitrogens with zero attached hydrogens (tertiary/aromatic N) is 1. The summed E-state index contributed by atoms with van der Waals surface area (Å²) in [6.45, 7) is 0.692. The van der Waals surface area contributed by atoms with Gasteiger partial charge in [-0.25, -0.2) is 4.79 Å². The van der Waals surface area contributed by atoms with Crippen molar-refractivity contribution in [2.75, 3.05) is 26.8 Å². The van der Waals surface area contributed by atoms with E-state index >= 15 is 0 Å². The second-order valence-electron chi connectivity index (χ2n) is 4.59. The van der Waals surface area contributed by atoms with E-state index in [-0.39, 0.29) is 19.1 Å². The van der Waals surface area contributed by atoms with Crippen molar-refractivity contribution in [2.45, 2.75) is 6.10 Å². The first-order chi connectivity index (χ1) is 10.1. The van der Waals surface area contributed by atoms with Crippen molar-refractivity contribution >= 4 is 18.0 Å². The Labute approximate surface area is 122 Å². The first kappa shape index (κ1) is 15.1. The zero-order valence-electron chi connectivity index (χ0n) is 11.7. The summed E-state index contributed by atoms with van der Waals surface area (Å²) < 4.78 is 10.2. The molecule has 1 atom stereocenters. The molecule has 6 nitrogen and oxygen atoms in total. The van der Waals surface area contributed by atoms with Gasteiger partial charge in [0, 0.05) is 12.6 Å². The normalized spacial score (nSPS) is 18.7. The Morgan fingerprint density at radius 1 is 1.48 bits per heavy atom. The first-order valence-electron chi connectivity index (χ1n) is 6.55. The molecule has 112 valence electrons. The maximum atomic E-state index is 12.1. The van der Waals surface area contributed by atoms with E-state index in [1.807, 2.05) is 24.3 Å². The lowest BCUT2D eigenvalue weighted by Gasteiger charge is -2.30. The number of aliphatic carboxylic acids is 1. The third-order valence-corrected chi connectivity index (χ3v) is 3.17. The maximum Gasteiger partial charge on any atom is 0.334 e. The van der Waals surface area contributed by atoms with Crippen LogP contribution >= 0.6 is 0 Å². The highest BCUT2D eigenvalue weighted by Gasteiger charge is 2.27. The minimum atomic E-state index is -1.05. The lowest BCUT2D eigenvalue weighted by Crippen LogP contribution is -2.48. The van der Waals surface area contributed by atoms with Gasteiger partial charge < -0.3 is 19.5 Å².